The van der Waals surface area contributed by atoms with Crippen molar-refractivity contribution in [3.05, 3.63) is 70.3 Å². The lowest BCUT2D eigenvalue weighted by molar-refractivity contribution is 0.101. The van der Waals surface area contributed by atoms with E-state index in [1.165, 1.54) is 6.92 Å². The average molecular weight is 295 g/mol. The van der Waals surface area contributed by atoms with Gasteiger partial charge in [-0.25, -0.2) is 4.98 Å². The van der Waals surface area contributed by atoms with Crippen molar-refractivity contribution in [1.29, 1.82) is 0 Å². The van der Waals surface area contributed by atoms with Crippen molar-refractivity contribution < 1.29 is 4.79 Å². The van der Waals surface area contributed by atoms with Gasteiger partial charge in [0, 0.05) is 11.3 Å². The predicted molar refractivity (Wildman–Crippen MR) is 88.0 cm³/mol. The van der Waals surface area contributed by atoms with E-state index in [-0.39, 0.29) is 11.3 Å². The third-order valence-electron chi connectivity index (χ3n) is 3.02. The van der Waals surface area contributed by atoms with Crippen molar-refractivity contribution in [2.75, 3.05) is 5.73 Å². The minimum atomic E-state index is -0.0712. The van der Waals surface area contributed by atoms with E-state index in [0.29, 0.717) is 22.5 Å². The van der Waals surface area contributed by atoms with Crippen LogP contribution in [0.25, 0.3) is 10.9 Å². The van der Waals surface area contributed by atoms with Gasteiger partial charge in [0.05, 0.1) is 10.9 Å². The number of aromatic nitrogens is 2. The predicted octanol–water partition coefficient (Wildman–Crippen LogP) is 2.70. The number of hydrogen-bond acceptors (Lipinski definition) is 4. The lowest BCUT2D eigenvalue weighted by atomic mass is 10.1. The number of nitrogens with one attached hydrogen (secondary N) is 1. The number of nitrogens with zero attached hydrogens (tertiary/aromatic N) is 1. The molecule has 5 nitrogen and oxygen atoms in total. The zero-order valence-corrected chi connectivity index (χ0v) is 12.5. The van der Waals surface area contributed by atoms with Gasteiger partial charge in [-0.05, 0) is 38.1 Å². The molecule has 3 aromatic rings. The van der Waals surface area contributed by atoms with Gasteiger partial charge in [-0.2, -0.15) is 0 Å². The van der Waals surface area contributed by atoms with E-state index in [1.807, 2.05) is 18.2 Å². The van der Waals surface area contributed by atoms with Crippen LogP contribution in [0.5, 0.6) is 0 Å². The Balaban J connectivity index is 0.000000164. The van der Waals surface area contributed by atoms with E-state index in [4.69, 9.17) is 5.73 Å². The first-order chi connectivity index (χ1) is 10.5. The van der Waals surface area contributed by atoms with Crippen molar-refractivity contribution in [2.45, 2.75) is 13.8 Å². The molecule has 0 saturated carbocycles. The number of rotatable bonds is 1. The Morgan fingerprint density at radius 3 is 2.50 bits per heavy atom. The van der Waals surface area contributed by atoms with Crippen LogP contribution in [0.2, 0.25) is 0 Å². The van der Waals surface area contributed by atoms with Crippen molar-refractivity contribution >= 4 is 22.4 Å². The van der Waals surface area contributed by atoms with Crippen LogP contribution in [0.3, 0.4) is 0 Å². The molecule has 22 heavy (non-hydrogen) atoms. The number of anilines is 1. The highest BCUT2D eigenvalue weighted by atomic mass is 16.1. The van der Waals surface area contributed by atoms with Crippen molar-refractivity contribution in [1.82, 2.24) is 9.97 Å². The van der Waals surface area contributed by atoms with Crippen LogP contribution in [0.1, 0.15) is 23.1 Å². The van der Waals surface area contributed by atoms with Gasteiger partial charge in [-0.3, -0.25) is 9.59 Å². The van der Waals surface area contributed by atoms with Gasteiger partial charge < -0.3 is 10.7 Å². The summed E-state index contributed by atoms with van der Waals surface area (Å²) in [6.07, 6.45) is 0. The molecule has 1 heterocycles. The van der Waals surface area contributed by atoms with Gasteiger partial charge in [0.15, 0.2) is 5.78 Å². The molecule has 0 spiro atoms. The molecule has 0 aliphatic carbocycles. The molecular weight excluding hydrogens is 278 g/mol. The second kappa shape index (κ2) is 6.67. The SMILES string of the molecule is CC(=O)c1cccc(N)c1.Cc1nc2ccccc2c(=O)[nH]1. The lowest BCUT2D eigenvalue weighted by Gasteiger charge is -1.95. The first-order valence-electron chi connectivity index (χ1n) is 6.79. The maximum atomic E-state index is 11.3. The van der Waals surface area contributed by atoms with Gasteiger partial charge in [-0.1, -0.05) is 24.3 Å². The molecule has 0 bridgehead atoms. The van der Waals surface area contributed by atoms with Crippen molar-refractivity contribution in [2.24, 2.45) is 0 Å². The molecule has 3 rings (SSSR count). The standard InChI is InChI=1S/C9H8N2O.C8H9NO/c1-6-10-8-5-3-2-4-7(8)9(12)11-6;1-6(10)7-3-2-4-8(9)5-7/h2-5H,1H3,(H,10,11,12);2-5H,9H2,1H3. The maximum absolute atomic E-state index is 11.3. The smallest absolute Gasteiger partial charge is 0.258 e. The number of nitrogens with two attached hydrogens (primary N) is 1. The summed E-state index contributed by atoms with van der Waals surface area (Å²) in [4.78, 5) is 28.9. The number of ketones is 1. The van der Waals surface area contributed by atoms with Crippen LogP contribution in [0, 0.1) is 6.92 Å². The first kappa shape index (κ1) is 15.4. The molecule has 5 heteroatoms. The van der Waals surface area contributed by atoms with Crippen LogP contribution in [-0.2, 0) is 0 Å². The fraction of sp³-hybridized carbons (Fsp3) is 0.118. The Bertz CT molecular complexity index is 869. The molecule has 0 saturated heterocycles. The fourth-order valence-electron chi connectivity index (χ4n) is 1.96. The minimum Gasteiger partial charge on any atom is -0.399 e. The van der Waals surface area contributed by atoms with Crippen LogP contribution < -0.4 is 11.3 Å². The highest BCUT2D eigenvalue weighted by Crippen LogP contribution is 2.06. The number of hydrogen-bond donors (Lipinski definition) is 2. The number of Topliss-reactive ketones (excluding diaryl/α,β-unsaturated/α-hetero) is 1. The van der Waals surface area contributed by atoms with Gasteiger partial charge >= 0.3 is 0 Å². The van der Waals surface area contributed by atoms with E-state index >= 15 is 0 Å². The van der Waals surface area contributed by atoms with E-state index in [0.717, 1.165) is 5.52 Å². The number of carbonyl (C=O) groups excluding carboxylic acids is 1. The Kier molecular flexibility index (Phi) is 4.68. The van der Waals surface area contributed by atoms with Crippen molar-refractivity contribution in [3.8, 4) is 0 Å². The van der Waals surface area contributed by atoms with Crippen LogP contribution in [0.4, 0.5) is 5.69 Å². The summed E-state index contributed by atoms with van der Waals surface area (Å²) in [5.41, 5.74) is 7.42. The summed E-state index contributed by atoms with van der Waals surface area (Å²) >= 11 is 0. The summed E-state index contributed by atoms with van der Waals surface area (Å²) in [5.74, 6) is 0.700. The lowest BCUT2D eigenvalue weighted by Crippen LogP contribution is -2.09. The summed E-state index contributed by atoms with van der Waals surface area (Å²) in [5, 5.41) is 0.642. The molecule has 0 unspecified atom stereocenters. The number of para-hydroxylation sites is 1. The molecule has 0 radical (unpaired) electrons. The Morgan fingerprint density at radius 1 is 1.14 bits per heavy atom. The number of fused-ring (bicyclic) bond motifs is 1. The second-order valence-corrected chi connectivity index (χ2v) is 4.85. The van der Waals surface area contributed by atoms with Crippen LogP contribution in [0.15, 0.2) is 53.3 Å². The molecule has 112 valence electrons. The molecule has 3 N–H and O–H groups in total. The number of nitrogen functional groups attached to an aromatic ring is 1. The van der Waals surface area contributed by atoms with Gasteiger partial charge in [0.2, 0.25) is 0 Å². The number of aryl methyl sites for hydroxylation is 1. The fourth-order valence-corrected chi connectivity index (χ4v) is 1.96. The molecule has 0 fully saturated rings. The number of carbonyl (C=O) groups is 1. The van der Waals surface area contributed by atoms with E-state index in [2.05, 4.69) is 9.97 Å². The summed E-state index contributed by atoms with van der Waals surface area (Å²) < 4.78 is 0. The largest absolute Gasteiger partial charge is 0.399 e. The van der Waals surface area contributed by atoms with E-state index in [9.17, 15) is 9.59 Å². The molecule has 0 amide bonds. The molecule has 0 aliphatic heterocycles. The zero-order valence-electron chi connectivity index (χ0n) is 12.5. The van der Waals surface area contributed by atoms with Gasteiger partial charge in [0.25, 0.3) is 5.56 Å². The third-order valence-corrected chi connectivity index (χ3v) is 3.02. The van der Waals surface area contributed by atoms with E-state index in [1.54, 1.807) is 37.3 Å². The molecule has 0 aliphatic rings. The maximum Gasteiger partial charge on any atom is 0.258 e. The highest BCUT2D eigenvalue weighted by molar-refractivity contribution is 5.94. The summed E-state index contributed by atoms with van der Waals surface area (Å²) in [7, 11) is 0. The van der Waals surface area contributed by atoms with Crippen LogP contribution >= 0.6 is 0 Å². The zero-order chi connectivity index (χ0) is 16.1. The molecule has 1 aromatic heterocycles. The normalized spacial score (nSPS) is 9.91. The molecular formula is C17H17N3O2. The van der Waals surface area contributed by atoms with Gasteiger partial charge in [0.1, 0.15) is 5.82 Å². The Morgan fingerprint density at radius 2 is 1.86 bits per heavy atom. The number of aromatic amines is 1. The Labute approximate surface area is 127 Å². The first-order valence-corrected chi connectivity index (χ1v) is 6.79. The van der Waals surface area contributed by atoms with Crippen LogP contribution in [-0.4, -0.2) is 15.8 Å². The third kappa shape index (κ3) is 3.79. The monoisotopic (exact) mass is 295 g/mol. The summed E-state index contributed by atoms with van der Waals surface area (Å²) in [6.45, 7) is 3.29. The topological polar surface area (TPSA) is 88.8 Å². The summed E-state index contributed by atoms with van der Waals surface area (Å²) in [6, 6.07) is 14.2. The minimum absolute atomic E-state index is 0.0484. The van der Waals surface area contributed by atoms with E-state index < -0.39 is 0 Å². The van der Waals surface area contributed by atoms with Gasteiger partial charge in [-0.15, -0.1) is 0 Å². The molecule has 0 atom stereocenters. The average Bonchev–Trinajstić information content (AvgIpc) is 2.47. The highest BCUT2D eigenvalue weighted by Gasteiger charge is 1.98. The quantitative estimate of drug-likeness (QED) is 0.533. The molecule has 2 aromatic carbocycles. The number of benzene rings is 2. The number of H-pyrrole nitrogens is 1. The second-order valence-electron chi connectivity index (χ2n) is 4.85. The Hall–Kier alpha value is -2.95. The van der Waals surface area contributed by atoms with Crippen molar-refractivity contribution in [3.63, 3.8) is 0 Å².